The summed E-state index contributed by atoms with van der Waals surface area (Å²) in [4.78, 5) is 13.5. The number of carbonyl (C=O) groups excluding carboxylic acids is 1. The molecule has 20 heavy (non-hydrogen) atoms. The molecule has 1 aliphatic heterocycles. The molecule has 3 N–H and O–H groups in total. The van der Waals surface area contributed by atoms with Crippen molar-refractivity contribution < 1.29 is 17.9 Å². The van der Waals surface area contributed by atoms with Gasteiger partial charge in [-0.3, -0.25) is 4.79 Å². The molecule has 0 aromatic heterocycles. The van der Waals surface area contributed by atoms with Gasteiger partial charge in [0.15, 0.2) is 0 Å². The Labute approximate surface area is 120 Å². The molecule has 1 rings (SSSR count). The highest BCUT2D eigenvalue weighted by Gasteiger charge is 2.22. The van der Waals surface area contributed by atoms with Crippen LogP contribution in [0.5, 0.6) is 0 Å². The summed E-state index contributed by atoms with van der Waals surface area (Å²) in [6.45, 7) is 4.72. The van der Waals surface area contributed by atoms with Gasteiger partial charge in [-0.25, -0.2) is 13.1 Å². The first-order valence-electron chi connectivity index (χ1n) is 6.92. The van der Waals surface area contributed by atoms with Crippen LogP contribution in [0.4, 0.5) is 0 Å². The monoisotopic (exact) mass is 307 g/mol. The van der Waals surface area contributed by atoms with Crippen molar-refractivity contribution in [2.75, 3.05) is 32.0 Å². The van der Waals surface area contributed by atoms with Crippen LogP contribution in [0, 0.1) is 0 Å². The highest BCUT2D eigenvalue weighted by Crippen LogP contribution is 2.07. The maximum Gasteiger partial charge on any atom is 0.237 e. The van der Waals surface area contributed by atoms with Gasteiger partial charge in [0.1, 0.15) is 0 Å². The molecule has 1 atom stereocenters. The Hall–Kier alpha value is -0.700. The van der Waals surface area contributed by atoms with Crippen molar-refractivity contribution in [2.45, 2.75) is 38.8 Å². The van der Waals surface area contributed by atoms with Crippen LogP contribution in [0.1, 0.15) is 26.7 Å². The summed E-state index contributed by atoms with van der Waals surface area (Å²) >= 11 is 0. The summed E-state index contributed by atoms with van der Waals surface area (Å²) in [6.07, 6.45) is 1.76. The molecule has 0 aliphatic carbocycles. The summed E-state index contributed by atoms with van der Waals surface area (Å²) < 4.78 is 30.8. The standard InChI is InChI=1S/C12H25N3O4S/c1-10(2)19-6-7-20(17,18)14-8-12(16)15-5-3-4-11(13)9-15/h10-11,14H,3-9,13H2,1-2H3. The quantitative estimate of drug-likeness (QED) is 0.646. The smallest absolute Gasteiger partial charge is 0.237 e. The molecule has 0 aromatic rings. The lowest BCUT2D eigenvalue weighted by Gasteiger charge is -2.30. The van der Waals surface area contributed by atoms with Crippen LogP contribution in [0.15, 0.2) is 0 Å². The topological polar surface area (TPSA) is 102 Å². The molecule has 0 radical (unpaired) electrons. The minimum absolute atomic E-state index is 0.0104. The summed E-state index contributed by atoms with van der Waals surface area (Å²) in [6, 6.07) is -0.0104. The first kappa shape index (κ1) is 17.4. The zero-order valence-electron chi connectivity index (χ0n) is 12.2. The Morgan fingerprint density at radius 3 is 2.80 bits per heavy atom. The Kier molecular flexibility index (Phi) is 6.87. The minimum atomic E-state index is -3.48. The molecule has 1 saturated heterocycles. The molecule has 0 saturated carbocycles. The van der Waals surface area contributed by atoms with E-state index in [9.17, 15) is 13.2 Å². The molecule has 8 heteroatoms. The molecule has 1 heterocycles. The third kappa shape index (κ3) is 6.65. The lowest BCUT2D eigenvalue weighted by atomic mass is 10.1. The predicted molar refractivity (Wildman–Crippen MR) is 76.7 cm³/mol. The SMILES string of the molecule is CC(C)OCCS(=O)(=O)NCC(=O)N1CCCC(N)C1. The molecule has 1 unspecified atom stereocenters. The number of amides is 1. The van der Waals surface area contributed by atoms with Gasteiger partial charge < -0.3 is 15.4 Å². The number of piperidine rings is 1. The Morgan fingerprint density at radius 1 is 1.50 bits per heavy atom. The van der Waals surface area contributed by atoms with Gasteiger partial charge >= 0.3 is 0 Å². The number of nitrogens with two attached hydrogens (primary N) is 1. The zero-order valence-corrected chi connectivity index (χ0v) is 13.0. The van der Waals surface area contributed by atoms with Crippen LogP contribution in [0.2, 0.25) is 0 Å². The Bertz CT molecular complexity index is 411. The molecule has 1 aliphatic rings. The van der Waals surface area contributed by atoms with E-state index in [2.05, 4.69) is 4.72 Å². The number of sulfonamides is 1. The highest BCUT2D eigenvalue weighted by molar-refractivity contribution is 7.89. The second-order valence-corrected chi connectivity index (χ2v) is 7.23. The van der Waals surface area contributed by atoms with Crippen molar-refractivity contribution in [3.05, 3.63) is 0 Å². The molecular weight excluding hydrogens is 282 g/mol. The van der Waals surface area contributed by atoms with E-state index >= 15 is 0 Å². The lowest BCUT2D eigenvalue weighted by molar-refractivity contribution is -0.131. The van der Waals surface area contributed by atoms with Gasteiger partial charge in [-0.15, -0.1) is 0 Å². The molecule has 0 bridgehead atoms. The number of ether oxygens (including phenoxy) is 1. The van der Waals surface area contributed by atoms with Gasteiger partial charge in [-0.2, -0.15) is 0 Å². The number of likely N-dealkylation sites (tertiary alicyclic amines) is 1. The fraction of sp³-hybridized carbons (Fsp3) is 0.917. The van der Waals surface area contributed by atoms with Gasteiger partial charge in [0.05, 0.1) is 25.0 Å². The van der Waals surface area contributed by atoms with E-state index in [4.69, 9.17) is 10.5 Å². The second kappa shape index (κ2) is 7.92. The summed E-state index contributed by atoms with van der Waals surface area (Å²) in [7, 11) is -3.48. The van der Waals surface area contributed by atoms with Gasteiger partial charge in [0.2, 0.25) is 15.9 Å². The van der Waals surface area contributed by atoms with Gasteiger partial charge in [-0.05, 0) is 26.7 Å². The van der Waals surface area contributed by atoms with Crippen molar-refractivity contribution in [2.24, 2.45) is 5.73 Å². The van der Waals surface area contributed by atoms with E-state index < -0.39 is 10.0 Å². The van der Waals surface area contributed by atoms with Crippen molar-refractivity contribution in [1.29, 1.82) is 0 Å². The van der Waals surface area contributed by atoms with Crippen molar-refractivity contribution in [1.82, 2.24) is 9.62 Å². The first-order chi connectivity index (χ1) is 9.30. The third-order valence-corrected chi connectivity index (χ3v) is 4.35. The van der Waals surface area contributed by atoms with Crippen LogP contribution in [-0.2, 0) is 19.6 Å². The van der Waals surface area contributed by atoms with Crippen molar-refractivity contribution in [3.8, 4) is 0 Å². The fourth-order valence-corrected chi connectivity index (χ4v) is 2.79. The zero-order chi connectivity index (χ0) is 15.2. The number of hydrogen-bond donors (Lipinski definition) is 2. The number of hydrogen-bond acceptors (Lipinski definition) is 5. The average Bonchev–Trinajstić information content (AvgIpc) is 2.35. The van der Waals surface area contributed by atoms with Crippen LogP contribution >= 0.6 is 0 Å². The van der Waals surface area contributed by atoms with E-state index in [-0.39, 0.29) is 37.0 Å². The van der Waals surface area contributed by atoms with Gasteiger partial charge in [0.25, 0.3) is 0 Å². The van der Waals surface area contributed by atoms with Crippen LogP contribution in [0.25, 0.3) is 0 Å². The Balaban J connectivity index is 2.32. The summed E-state index contributed by atoms with van der Waals surface area (Å²) in [5, 5.41) is 0. The average molecular weight is 307 g/mol. The molecule has 1 fully saturated rings. The summed E-state index contributed by atoms with van der Waals surface area (Å²) in [5.41, 5.74) is 5.79. The first-order valence-corrected chi connectivity index (χ1v) is 8.57. The normalized spacial score (nSPS) is 20.4. The van der Waals surface area contributed by atoms with Crippen LogP contribution in [-0.4, -0.2) is 63.4 Å². The number of rotatable bonds is 7. The molecule has 1 amide bonds. The van der Waals surface area contributed by atoms with Crippen LogP contribution < -0.4 is 10.5 Å². The minimum Gasteiger partial charge on any atom is -0.378 e. The van der Waals surface area contributed by atoms with Gasteiger partial charge in [-0.1, -0.05) is 0 Å². The van der Waals surface area contributed by atoms with E-state index in [0.29, 0.717) is 13.1 Å². The molecule has 7 nitrogen and oxygen atoms in total. The molecule has 0 spiro atoms. The molecule has 0 aromatic carbocycles. The fourth-order valence-electron chi connectivity index (χ4n) is 1.99. The lowest BCUT2D eigenvalue weighted by Crippen LogP contribution is -2.49. The second-order valence-electron chi connectivity index (χ2n) is 5.30. The highest BCUT2D eigenvalue weighted by atomic mass is 32.2. The van der Waals surface area contributed by atoms with Crippen molar-refractivity contribution in [3.63, 3.8) is 0 Å². The predicted octanol–water partition coefficient (Wildman–Crippen LogP) is -0.719. The van der Waals surface area contributed by atoms with Crippen molar-refractivity contribution >= 4 is 15.9 Å². The molecule has 118 valence electrons. The Morgan fingerprint density at radius 2 is 2.20 bits per heavy atom. The third-order valence-electron chi connectivity index (χ3n) is 3.06. The van der Waals surface area contributed by atoms with E-state index in [1.54, 1.807) is 4.90 Å². The number of nitrogens with zero attached hydrogens (tertiary/aromatic N) is 1. The van der Waals surface area contributed by atoms with E-state index in [0.717, 1.165) is 12.8 Å². The van der Waals surface area contributed by atoms with Gasteiger partial charge in [0, 0.05) is 19.1 Å². The molecular formula is C12H25N3O4S. The number of carbonyl (C=O) groups is 1. The maximum atomic E-state index is 11.9. The number of nitrogens with one attached hydrogen (secondary N) is 1. The van der Waals surface area contributed by atoms with E-state index in [1.807, 2.05) is 13.8 Å². The van der Waals surface area contributed by atoms with Crippen LogP contribution in [0.3, 0.4) is 0 Å². The largest absolute Gasteiger partial charge is 0.378 e. The van der Waals surface area contributed by atoms with E-state index in [1.165, 1.54) is 0 Å². The maximum absolute atomic E-state index is 11.9. The summed E-state index contributed by atoms with van der Waals surface area (Å²) in [5.74, 6) is -0.369.